The van der Waals surface area contributed by atoms with Crippen LogP contribution in [0.1, 0.15) is 33.6 Å². The lowest BCUT2D eigenvalue weighted by molar-refractivity contribution is 0.314. The lowest BCUT2D eigenvalue weighted by Crippen LogP contribution is -2.54. The number of nitrogens with one attached hydrogen (secondary N) is 2. The lowest BCUT2D eigenvalue weighted by atomic mass is 10.1. The smallest absolute Gasteiger partial charge is 0.278 e. The van der Waals surface area contributed by atoms with E-state index >= 15 is 0 Å². The first-order valence-electron chi connectivity index (χ1n) is 5.43. The van der Waals surface area contributed by atoms with Gasteiger partial charge >= 0.3 is 0 Å². The second-order valence-electron chi connectivity index (χ2n) is 5.31. The van der Waals surface area contributed by atoms with Crippen LogP contribution in [0, 0.1) is 5.92 Å². The first-order chi connectivity index (χ1) is 7.64. The van der Waals surface area contributed by atoms with Gasteiger partial charge in [-0.3, -0.25) is 0 Å². The molecule has 0 aromatic carbocycles. The summed E-state index contributed by atoms with van der Waals surface area (Å²) in [6.07, 6.45) is 1.75. The van der Waals surface area contributed by atoms with Crippen LogP contribution in [0.5, 0.6) is 0 Å². The van der Waals surface area contributed by atoms with Crippen molar-refractivity contribution in [2.75, 3.05) is 0 Å². The molecule has 100 valence electrons. The van der Waals surface area contributed by atoms with Crippen molar-refractivity contribution in [1.29, 1.82) is 0 Å². The molecule has 1 aliphatic carbocycles. The van der Waals surface area contributed by atoms with E-state index in [4.69, 9.17) is 10.9 Å². The van der Waals surface area contributed by atoms with Gasteiger partial charge in [-0.1, -0.05) is 5.16 Å². The molecule has 0 aromatic rings. The second kappa shape index (κ2) is 4.79. The number of nitrogens with two attached hydrogens (primary N) is 1. The monoisotopic (exact) mass is 264 g/mol. The van der Waals surface area contributed by atoms with E-state index in [2.05, 4.69) is 14.6 Å². The number of hydrogen-bond donors (Lipinski definition) is 4. The molecule has 0 radical (unpaired) electrons. The van der Waals surface area contributed by atoms with Gasteiger partial charge in [-0.2, -0.15) is 17.9 Å². The van der Waals surface area contributed by atoms with Gasteiger partial charge in [0.05, 0.1) is 6.04 Å². The van der Waals surface area contributed by atoms with Gasteiger partial charge in [0.1, 0.15) is 0 Å². The molecule has 0 aliphatic heterocycles. The van der Waals surface area contributed by atoms with Crippen LogP contribution >= 0.6 is 0 Å². The molecular weight excluding hydrogens is 244 g/mol. The summed E-state index contributed by atoms with van der Waals surface area (Å²) in [6, 6.07) is -0.639. The third-order valence-corrected chi connectivity index (χ3v) is 3.70. The molecule has 0 aromatic heterocycles. The summed E-state index contributed by atoms with van der Waals surface area (Å²) < 4.78 is 28.5. The van der Waals surface area contributed by atoms with E-state index in [0.29, 0.717) is 0 Å². The molecule has 1 rings (SSSR count). The van der Waals surface area contributed by atoms with E-state index in [1.54, 1.807) is 20.8 Å². The van der Waals surface area contributed by atoms with Crippen molar-refractivity contribution in [3.63, 3.8) is 0 Å². The molecule has 0 amide bonds. The van der Waals surface area contributed by atoms with Gasteiger partial charge in [0.25, 0.3) is 10.2 Å². The average Bonchev–Trinajstić information content (AvgIpc) is 2.92. The molecule has 1 atom stereocenters. The van der Waals surface area contributed by atoms with Crippen LogP contribution < -0.4 is 15.2 Å². The molecule has 0 spiro atoms. The Morgan fingerprint density at radius 1 is 1.47 bits per heavy atom. The highest BCUT2D eigenvalue weighted by Gasteiger charge is 2.37. The summed E-state index contributed by atoms with van der Waals surface area (Å²) in [5.74, 6) is 0.00854. The van der Waals surface area contributed by atoms with Gasteiger partial charge in [0.15, 0.2) is 5.84 Å². The number of oxime groups is 1. The summed E-state index contributed by atoms with van der Waals surface area (Å²) in [4.78, 5) is 0. The Balaban J connectivity index is 2.73. The van der Waals surface area contributed by atoms with E-state index < -0.39 is 21.8 Å². The van der Waals surface area contributed by atoms with E-state index in [1.807, 2.05) is 0 Å². The van der Waals surface area contributed by atoms with Gasteiger partial charge in [0, 0.05) is 5.54 Å². The van der Waals surface area contributed by atoms with E-state index in [-0.39, 0.29) is 11.8 Å². The average molecular weight is 264 g/mol. The number of hydrogen-bond acceptors (Lipinski definition) is 4. The minimum Gasteiger partial charge on any atom is -0.409 e. The zero-order valence-corrected chi connectivity index (χ0v) is 11.1. The topological polar surface area (TPSA) is 117 Å². The summed E-state index contributed by atoms with van der Waals surface area (Å²) in [6.45, 7) is 5.21. The van der Waals surface area contributed by atoms with Crippen LogP contribution in [0.3, 0.4) is 0 Å². The maximum Gasteiger partial charge on any atom is 0.278 e. The van der Waals surface area contributed by atoms with Gasteiger partial charge in [0.2, 0.25) is 0 Å². The third-order valence-electron chi connectivity index (χ3n) is 2.25. The van der Waals surface area contributed by atoms with Crippen molar-refractivity contribution in [2.45, 2.75) is 45.2 Å². The zero-order chi connectivity index (χ0) is 13.3. The van der Waals surface area contributed by atoms with E-state index in [0.717, 1.165) is 12.8 Å². The van der Waals surface area contributed by atoms with E-state index in [1.165, 1.54) is 0 Å². The Hall–Kier alpha value is -0.860. The third kappa shape index (κ3) is 4.88. The molecule has 7 nitrogen and oxygen atoms in total. The van der Waals surface area contributed by atoms with Gasteiger partial charge in [-0.25, -0.2) is 0 Å². The van der Waals surface area contributed by atoms with Crippen LogP contribution in [0.25, 0.3) is 0 Å². The summed E-state index contributed by atoms with van der Waals surface area (Å²) in [7, 11) is -3.67. The SMILES string of the molecule is CC(C)(C)NS(=O)(=O)NC(C(N)=NO)C1CC1. The predicted octanol–water partition coefficient (Wildman–Crippen LogP) is -0.266. The number of amidine groups is 1. The highest BCUT2D eigenvalue weighted by Crippen LogP contribution is 2.33. The fourth-order valence-corrected chi connectivity index (χ4v) is 3.00. The molecule has 0 heterocycles. The summed E-state index contributed by atoms with van der Waals surface area (Å²) >= 11 is 0. The Labute approximate surface area is 102 Å². The van der Waals surface area contributed by atoms with Gasteiger partial charge in [-0.05, 0) is 39.5 Å². The molecule has 0 saturated heterocycles. The Kier molecular flexibility index (Phi) is 4.00. The number of nitrogens with zero attached hydrogens (tertiary/aromatic N) is 1. The highest BCUT2D eigenvalue weighted by atomic mass is 32.2. The van der Waals surface area contributed by atoms with Crippen molar-refractivity contribution in [3.05, 3.63) is 0 Å². The quantitative estimate of drug-likeness (QED) is 0.237. The maximum absolute atomic E-state index is 11.8. The summed E-state index contributed by atoms with van der Waals surface area (Å²) in [5, 5.41) is 11.5. The van der Waals surface area contributed by atoms with Crippen LogP contribution in [0.4, 0.5) is 0 Å². The minimum absolute atomic E-state index is 0.105. The molecular formula is C9H20N4O3S. The number of rotatable bonds is 5. The largest absolute Gasteiger partial charge is 0.409 e. The zero-order valence-electron chi connectivity index (χ0n) is 10.3. The second-order valence-corrected chi connectivity index (χ2v) is 6.76. The first-order valence-corrected chi connectivity index (χ1v) is 6.91. The van der Waals surface area contributed by atoms with Crippen LogP contribution in [-0.2, 0) is 10.2 Å². The Bertz CT molecular complexity index is 395. The van der Waals surface area contributed by atoms with Crippen LogP contribution in [0.15, 0.2) is 5.16 Å². The fraction of sp³-hybridized carbons (Fsp3) is 0.889. The summed E-state index contributed by atoms with van der Waals surface area (Å²) in [5.41, 5.74) is 4.90. The van der Waals surface area contributed by atoms with Crippen LogP contribution in [-0.4, -0.2) is 31.0 Å². The normalized spacial score (nSPS) is 20.3. The minimum atomic E-state index is -3.67. The molecule has 1 unspecified atom stereocenters. The van der Waals surface area contributed by atoms with Crippen molar-refractivity contribution >= 4 is 16.0 Å². The van der Waals surface area contributed by atoms with Crippen molar-refractivity contribution in [3.8, 4) is 0 Å². The maximum atomic E-state index is 11.8. The fourth-order valence-electron chi connectivity index (χ4n) is 1.49. The molecule has 1 fully saturated rings. The molecule has 8 heteroatoms. The molecule has 1 saturated carbocycles. The van der Waals surface area contributed by atoms with Gasteiger partial charge < -0.3 is 10.9 Å². The van der Waals surface area contributed by atoms with Crippen LogP contribution in [0.2, 0.25) is 0 Å². The molecule has 1 aliphatic rings. The van der Waals surface area contributed by atoms with Gasteiger partial charge in [-0.15, -0.1) is 0 Å². The highest BCUT2D eigenvalue weighted by molar-refractivity contribution is 7.87. The predicted molar refractivity (Wildman–Crippen MR) is 64.9 cm³/mol. The lowest BCUT2D eigenvalue weighted by Gasteiger charge is -2.23. The molecule has 17 heavy (non-hydrogen) atoms. The Morgan fingerprint density at radius 3 is 2.35 bits per heavy atom. The Morgan fingerprint density at radius 2 is 2.00 bits per heavy atom. The van der Waals surface area contributed by atoms with Crippen molar-refractivity contribution in [2.24, 2.45) is 16.8 Å². The van der Waals surface area contributed by atoms with E-state index in [9.17, 15) is 8.42 Å². The molecule has 5 N–H and O–H groups in total. The van der Waals surface area contributed by atoms with Crippen molar-refractivity contribution < 1.29 is 13.6 Å². The first kappa shape index (κ1) is 14.2. The standard InChI is InChI=1S/C9H20N4O3S/c1-9(2,3)13-17(15,16)12-7(6-4-5-6)8(10)11-14/h6-7,12-14H,4-5H2,1-3H3,(H2,10,11). The van der Waals surface area contributed by atoms with Crippen molar-refractivity contribution in [1.82, 2.24) is 9.44 Å². The molecule has 0 bridgehead atoms.